The molecule has 1 unspecified atom stereocenters. The van der Waals surface area contributed by atoms with Crippen LogP contribution in [0, 0.1) is 0 Å². The Hall–Kier alpha value is -1.46. The summed E-state index contributed by atoms with van der Waals surface area (Å²) in [5.74, 6) is 1.17. The summed E-state index contributed by atoms with van der Waals surface area (Å²) in [4.78, 5) is 11.6. The molecule has 21 heavy (non-hydrogen) atoms. The average Bonchev–Trinajstić information content (AvgIpc) is 2.83. The second-order valence-corrected chi connectivity index (χ2v) is 6.18. The van der Waals surface area contributed by atoms with Gasteiger partial charge in [-0.1, -0.05) is 6.42 Å². The molecule has 0 amide bonds. The maximum absolute atomic E-state index is 4.83. The summed E-state index contributed by atoms with van der Waals surface area (Å²) in [6, 6.07) is 4.59. The lowest BCUT2D eigenvalue weighted by atomic mass is 10.0. The van der Waals surface area contributed by atoms with Gasteiger partial charge in [-0.15, -0.1) is 0 Å². The van der Waals surface area contributed by atoms with Gasteiger partial charge >= 0.3 is 0 Å². The molecule has 1 aliphatic heterocycles. The van der Waals surface area contributed by atoms with Crippen LogP contribution >= 0.6 is 0 Å². The van der Waals surface area contributed by atoms with Gasteiger partial charge in [0, 0.05) is 31.7 Å². The zero-order valence-corrected chi connectivity index (χ0v) is 13.0. The van der Waals surface area contributed by atoms with Crippen LogP contribution in [0.5, 0.6) is 0 Å². The molecule has 0 bridgehead atoms. The SMILES string of the molecule is CN(C)CCn1c(CC2CCCCN2)nc2cccnc21. The van der Waals surface area contributed by atoms with Gasteiger partial charge in [-0.2, -0.15) is 0 Å². The highest BCUT2D eigenvalue weighted by molar-refractivity contribution is 5.71. The fourth-order valence-corrected chi connectivity index (χ4v) is 3.01. The van der Waals surface area contributed by atoms with Crippen LogP contribution in [-0.2, 0) is 13.0 Å². The van der Waals surface area contributed by atoms with E-state index in [2.05, 4.69) is 39.9 Å². The Labute approximate surface area is 126 Å². The molecule has 2 aromatic heterocycles. The molecule has 5 nitrogen and oxygen atoms in total. The van der Waals surface area contributed by atoms with Crippen molar-refractivity contribution in [3.8, 4) is 0 Å². The molecule has 5 heteroatoms. The molecule has 1 saturated heterocycles. The van der Waals surface area contributed by atoms with E-state index in [0.29, 0.717) is 6.04 Å². The summed E-state index contributed by atoms with van der Waals surface area (Å²) < 4.78 is 2.30. The van der Waals surface area contributed by atoms with Crippen LogP contribution in [0.1, 0.15) is 25.1 Å². The standard InChI is InChI=1S/C16H25N5/c1-20(2)10-11-21-15(12-13-6-3-4-8-17-13)19-14-7-5-9-18-16(14)21/h5,7,9,13,17H,3-4,6,8,10-12H2,1-2H3. The van der Waals surface area contributed by atoms with Crippen LogP contribution in [0.15, 0.2) is 18.3 Å². The zero-order chi connectivity index (χ0) is 14.7. The number of likely N-dealkylation sites (N-methyl/N-ethyl adjacent to an activating group) is 1. The van der Waals surface area contributed by atoms with E-state index >= 15 is 0 Å². The van der Waals surface area contributed by atoms with Gasteiger partial charge in [0.2, 0.25) is 0 Å². The summed E-state index contributed by atoms with van der Waals surface area (Å²) >= 11 is 0. The molecule has 0 radical (unpaired) electrons. The largest absolute Gasteiger partial charge is 0.314 e. The van der Waals surface area contributed by atoms with E-state index in [1.54, 1.807) is 0 Å². The van der Waals surface area contributed by atoms with Crippen LogP contribution in [-0.4, -0.2) is 52.7 Å². The van der Waals surface area contributed by atoms with Crippen molar-refractivity contribution >= 4 is 11.2 Å². The molecule has 0 saturated carbocycles. The average molecular weight is 287 g/mol. The number of pyridine rings is 1. The number of nitrogens with one attached hydrogen (secondary N) is 1. The molecular weight excluding hydrogens is 262 g/mol. The number of nitrogens with zero attached hydrogens (tertiary/aromatic N) is 4. The first-order chi connectivity index (χ1) is 10.2. The molecule has 0 spiro atoms. The van der Waals surface area contributed by atoms with Crippen LogP contribution in [0.2, 0.25) is 0 Å². The minimum Gasteiger partial charge on any atom is -0.314 e. The predicted molar refractivity (Wildman–Crippen MR) is 85.4 cm³/mol. The Morgan fingerprint density at radius 1 is 1.38 bits per heavy atom. The van der Waals surface area contributed by atoms with Crippen molar-refractivity contribution in [2.75, 3.05) is 27.2 Å². The molecule has 2 aromatic rings. The first-order valence-electron chi connectivity index (χ1n) is 7.92. The Morgan fingerprint density at radius 3 is 3.05 bits per heavy atom. The third-order valence-electron chi connectivity index (χ3n) is 4.19. The maximum Gasteiger partial charge on any atom is 0.160 e. The van der Waals surface area contributed by atoms with Gasteiger partial charge in [-0.25, -0.2) is 9.97 Å². The van der Waals surface area contributed by atoms with Gasteiger partial charge in [-0.05, 0) is 45.6 Å². The summed E-state index contributed by atoms with van der Waals surface area (Å²) in [5.41, 5.74) is 2.03. The third kappa shape index (κ3) is 3.41. The van der Waals surface area contributed by atoms with Crippen LogP contribution in [0.25, 0.3) is 11.2 Å². The van der Waals surface area contributed by atoms with E-state index in [1.807, 2.05) is 12.3 Å². The smallest absolute Gasteiger partial charge is 0.160 e. The summed E-state index contributed by atoms with van der Waals surface area (Å²) in [5, 5.41) is 3.62. The molecule has 0 aromatic carbocycles. The van der Waals surface area contributed by atoms with Crippen molar-refractivity contribution in [3.63, 3.8) is 0 Å². The van der Waals surface area contributed by atoms with Crippen LogP contribution in [0.3, 0.4) is 0 Å². The van der Waals surface area contributed by atoms with Crippen molar-refractivity contribution in [2.24, 2.45) is 0 Å². The lowest BCUT2D eigenvalue weighted by Crippen LogP contribution is -2.36. The second-order valence-electron chi connectivity index (χ2n) is 6.18. The number of hydrogen-bond donors (Lipinski definition) is 1. The molecule has 3 heterocycles. The first-order valence-corrected chi connectivity index (χ1v) is 7.92. The summed E-state index contributed by atoms with van der Waals surface area (Å²) in [7, 11) is 4.21. The lowest BCUT2D eigenvalue weighted by Gasteiger charge is -2.23. The topological polar surface area (TPSA) is 46.0 Å². The maximum atomic E-state index is 4.83. The lowest BCUT2D eigenvalue weighted by molar-refractivity contribution is 0.369. The number of imidazole rings is 1. The fourth-order valence-electron chi connectivity index (χ4n) is 3.01. The Bertz CT molecular complexity index is 583. The van der Waals surface area contributed by atoms with E-state index in [1.165, 1.54) is 25.1 Å². The van der Waals surface area contributed by atoms with E-state index in [0.717, 1.165) is 37.2 Å². The van der Waals surface area contributed by atoms with Gasteiger partial charge in [0.15, 0.2) is 5.65 Å². The molecule has 1 N–H and O–H groups in total. The van der Waals surface area contributed by atoms with Crippen molar-refractivity contribution in [3.05, 3.63) is 24.2 Å². The molecule has 3 rings (SSSR count). The predicted octanol–water partition coefficient (Wildman–Crippen LogP) is 1.68. The van der Waals surface area contributed by atoms with Crippen molar-refractivity contribution in [1.82, 2.24) is 24.8 Å². The zero-order valence-electron chi connectivity index (χ0n) is 13.0. The van der Waals surface area contributed by atoms with Gasteiger partial charge < -0.3 is 14.8 Å². The van der Waals surface area contributed by atoms with E-state index in [4.69, 9.17) is 4.98 Å². The van der Waals surface area contributed by atoms with E-state index in [-0.39, 0.29) is 0 Å². The second kappa shape index (κ2) is 6.54. The number of fused-ring (bicyclic) bond motifs is 1. The van der Waals surface area contributed by atoms with Crippen molar-refractivity contribution < 1.29 is 0 Å². The Balaban J connectivity index is 1.86. The van der Waals surface area contributed by atoms with Crippen LogP contribution < -0.4 is 5.32 Å². The number of aromatic nitrogens is 3. The minimum absolute atomic E-state index is 0.564. The normalized spacial score (nSPS) is 19.5. The van der Waals surface area contributed by atoms with Gasteiger partial charge in [0.05, 0.1) is 0 Å². The van der Waals surface area contributed by atoms with Crippen molar-refractivity contribution in [2.45, 2.75) is 38.3 Å². The molecule has 1 atom stereocenters. The van der Waals surface area contributed by atoms with Crippen LogP contribution in [0.4, 0.5) is 0 Å². The third-order valence-corrected chi connectivity index (χ3v) is 4.19. The van der Waals surface area contributed by atoms with Gasteiger partial charge in [0.25, 0.3) is 0 Å². The molecule has 1 aliphatic rings. The highest BCUT2D eigenvalue weighted by Crippen LogP contribution is 2.17. The molecular formula is C16H25N5. The highest BCUT2D eigenvalue weighted by atomic mass is 15.2. The summed E-state index contributed by atoms with van der Waals surface area (Å²) in [6.07, 6.45) is 6.75. The monoisotopic (exact) mass is 287 g/mol. The molecule has 114 valence electrons. The Morgan fingerprint density at radius 2 is 2.29 bits per heavy atom. The Kier molecular flexibility index (Phi) is 4.51. The van der Waals surface area contributed by atoms with Crippen molar-refractivity contribution in [1.29, 1.82) is 0 Å². The van der Waals surface area contributed by atoms with E-state index < -0.39 is 0 Å². The summed E-state index contributed by atoms with van der Waals surface area (Å²) in [6.45, 7) is 3.09. The molecule has 1 fully saturated rings. The molecule has 0 aliphatic carbocycles. The quantitative estimate of drug-likeness (QED) is 0.909. The minimum atomic E-state index is 0.564. The van der Waals surface area contributed by atoms with Gasteiger partial charge in [0.1, 0.15) is 11.3 Å². The number of piperidine rings is 1. The van der Waals surface area contributed by atoms with Gasteiger partial charge in [-0.3, -0.25) is 0 Å². The number of rotatable bonds is 5. The highest BCUT2D eigenvalue weighted by Gasteiger charge is 2.18. The van der Waals surface area contributed by atoms with E-state index in [9.17, 15) is 0 Å². The number of hydrogen-bond acceptors (Lipinski definition) is 4. The first kappa shape index (κ1) is 14.5. The fraction of sp³-hybridized carbons (Fsp3) is 0.625.